The summed E-state index contributed by atoms with van der Waals surface area (Å²) in [7, 11) is 0. The van der Waals surface area contributed by atoms with Gasteiger partial charge < -0.3 is 0 Å². The van der Waals surface area contributed by atoms with Crippen LogP contribution in [0.5, 0.6) is 0 Å². The van der Waals surface area contributed by atoms with E-state index < -0.39 is 0 Å². The Kier molecular flexibility index (Phi) is 3.47. The molecule has 1 aromatic rings. The van der Waals surface area contributed by atoms with Gasteiger partial charge in [-0.1, -0.05) is 33.8 Å². The quantitative estimate of drug-likeness (QED) is 0.689. The molecule has 72 valence electrons. The van der Waals surface area contributed by atoms with Crippen molar-refractivity contribution in [1.29, 1.82) is 0 Å². The summed E-state index contributed by atoms with van der Waals surface area (Å²) in [5.74, 6) is 1.30. The van der Waals surface area contributed by atoms with E-state index in [0.717, 1.165) is 6.42 Å². The predicted octanol–water partition coefficient (Wildman–Crippen LogP) is 3.40. The third-order valence-electron chi connectivity index (χ3n) is 2.13. The minimum atomic E-state index is 0.583. The molecule has 0 unspecified atom stereocenters. The van der Waals surface area contributed by atoms with Gasteiger partial charge >= 0.3 is 0 Å². The summed E-state index contributed by atoms with van der Waals surface area (Å²) in [5.41, 5.74) is 2.71. The Labute approximate surface area is 81.2 Å². The molecule has 0 amide bonds. The molecular weight excluding hydrogens is 158 g/mol. The molecule has 0 saturated carbocycles. The van der Waals surface area contributed by atoms with Crippen LogP contribution in [0.4, 0.5) is 0 Å². The molecule has 0 saturated heterocycles. The second kappa shape index (κ2) is 4.40. The van der Waals surface area contributed by atoms with Gasteiger partial charge in [0.1, 0.15) is 0 Å². The zero-order valence-electron chi connectivity index (χ0n) is 9.04. The highest BCUT2D eigenvalue weighted by molar-refractivity contribution is 5.20. The van der Waals surface area contributed by atoms with Gasteiger partial charge in [-0.15, -0.1) is 0 Å². The molecule has 1 nitrogen and oxygen atoms in total. The Morgan fingerprint density at radius 1 is 1.15 bits per heavy atom. The molecule has 0 atom stereocenters. The molecule has 1 heteroatoms. The van der Waals surface area contributed by atoms with Crippen molar-refractivity contribution in [2.45, 2.75) is 40.0 Å². The largest absolute Gasteiger partial charge is 0.264 e. The lowest BCUT2D eigenvalue weighted by atomic mass is 9.99. The molecule has 0 N–H and O–H groups in total. The van der Waals surface area contributed by atoms with Gasteiger partial charge in [0.05, 0.1) is 0 Å². The first kappa shape index (κ1) is 10.2. The summed E-state index contributed by atoms with van der Waals surface area (Å²) in [4.78, 5) is 4.26. The SMILES string of the molecule is CC(C)Cc1cncc(C(C)C)c1. The minimum Gasteiger partial charge on any atom is -0.264 e. The van der Waals surface area contributed by atoms with Crippen molar-refractivity contribution >= 4 is 0 Å². The number of aromatic nitrogens is 1. The Hall–Kier alpha value is -0.850. The van der Waals surface area contributed by atoms with E-state index in [1.807, 2.05) is 12.4 Å². The molecule has 0 spiro atoms. The van der Waals surface area contributed by atoms with Crippen molar-refractivity contribution in [3.63, 3.8) is 0 Å². The third-order valence-corrected chi connectivity index (χ3v) is 2.13. The van der Waals surface area contributed by atoms with Gasteiger partial charge in [-0.25, -0.2) is 0 Å². The molecule has 1 heterocycles. The van der Waals surface area contributed by atoms with Crippen molar-refractivity contribution in [3.8, 4) is 0 Å². The third kappa shape index (κ3) is 3.17. The van der Waals surface area contributed by atoms with Crippen LogP contribution in [0.15, 0.2) is 18.5 Å². The fraction of sp³-hybridized carbons (Fsp3) is 0.583. The van der Waals surface area contributed by atoms with Crippen molar-refractivity contribution in [3.05, 3.63) is 29.6 Å². The van der Waals surface area contributed by atoms with Gasteiger partial charge in [0.2, 0.25) is 0 Å². The van der Waals surface area contributed by atoms with Crippen LogP contribution in [0.1, 0.15) is 44.7 Å². The number of hydrogen-bond acceptors (Lipinski definition) is 1. The summed E-state index contributed by atoms with van der Waals surface area (Å²) >= 11 is 0. The van der Waals surface area contributed by atoms with Crippen LogP contribution >= 0.6 is 0 Å². The van der Waals surface area contributed by atoms with Gasteiger partial charge in [0, 0.05) is 12.4 Å². The average Bonchev–Trinajstić information content (AvgIpc) is 2.03. The summed E-state index contributed by atoms with van der Waals surface area (Å²) in [5, 5.41) is 0. The summed E-state index contributed by atoms with van der Waals surface area (Å²) in [6, 6.07) is 2.28. The van der Waals surface area contributed by atoms with E-state index in [9.17, 15) is 0 Å². The van der Waals surface area contributed by atoms with E-state index in [1.165, 1.54) is 11.1 Å². The molecule has 1 aromatic heterocycles. The van der Waals surface area contributed by atoms with Crippen LogP contribution in [-0.4, -0.2) is 4.98 Å². The van der Waals surface area contributed by atoms with Crippen LogP contribution in [0.2, 0.25) is 0 Å². The molecule has 0 aliphatic carbocycles. The van der Waals surface area contributed by atoms with E-state index in [1.54, 1.807) is 0 Å². The van der Waals surface area contributed by atoms with Gasteiger partial charge in [0.15, 0.2) is 0 Å². The van der Waals surface area contributed by atoms with Crippen molar-refractivity contribution < 1.29 is 0 Å². The van der Waals surface area contributed by atoms with Gasteiger partial charge in [-0.3, -0.25) is 4.98 Å². The molecule has 13 heavy (non-hydrogen) atoms. The van der Waals surface area contributed by atoms with Crippen molar-refractivity contribution in [2.75, 3.05) is 0 Å². The van der Waals surface area contributed by atoms with Crippen LogP contribution in [-0.2, 0) is 6.42 Å². The van der Waals surface area contributed by atoms with Crippen LogP contribution < -0.4 is 0 Å². The van der Waals surface area contributed by atoms with Gasteiger partial charge in [-0.05, 0) is 29.4 Å². The first-order valence-corrected chi connectivity index (χ1v) is 5.03. The number of nitrogens with zero attached hydrogens (tertiary/aromatic N) is 1. The maximum atomic E-state index is 4.26. The van der Waals surface area contributed by atoms with E-state index in [4.69, 9.17) is 0 Å². The monoisotopic (exact) mass is 177 g/mol. The Morgan fingerprint density at radius 3 is 2.38 bits per heavy atom. The molecule has 0 aliphatic heterocycles. The Balaban J connectivity index is 2.79. The fourth-order valence-corrected chi connectivity index (χ4v) is 1.41. The molecule has 0 aliphatic rings. The zero-order chi connectivity index (χ0) is 9.84. The number of hydrogen-bond donors (Lipinski definition) is 0. The lowest BCUT2D eigenvalue weighted by molar-refractivity contribution is 0.644. The standard InChI is InChI=1S/C12H19N/c1-9(2)5-11-6-12(10(3)4)8-13-7-11/h6-10H,5H2,1-4H3. The molecular formula is C12H19N. The zero-order valence-corrected chi connectivity index (χ0v) is 9.04. The smallest absolute Gasteiger partial charge is 0.0302 e. The Bertz CT molecular complexity index is 264. The first-order chi connectivity index (χ1) is 6.09. The second-order valence-corrected chi connectivity index (χ2v) is 4.38. The molecule has 0 radical (unpaired) electrons. The fourth-order valence-electron chi connectivity index (χ4n) is 1.41. The number of rotatable bonds is 3. The topological polar surface area (TPSA) is 12.9 Å². The number of pyridine rings is 1. The second-order valence-electron chi connectivity index (χ2n) is 4.38. The molecule has 0 bridgehead atoms. The summed E-state index contributed by atoms with van der Waals surface area (Å²) in [6.07, 6.45) is 5.08. The minimum absolute atomic E-state index is 0.583. The normalized spacial score (nSPS) is 11.2. The van der Waals surface area contributed by atoms with E-state index in [0.29, 0.717) is 11.8 Å². The summed E-state index contributed by atoms with van der Waals surface area (Å²) < 4.78 is 0. The molecule has 1 rings (SSSR count). The van der Waals surface area contributed by atoms with Gasteiger partial charge in [0.25, 0.3) is 0 Å². The van der Waals surface area contributed by atoms with Gasteiger partial charge in [-0.2, -0.15) is 0 Å². The highest BCUT2D eigenvalue weighted by atomic mass is 14.6. The molecule has 0 fully saturated rings. The van der Waals surface area contributed by atoms with Crippen LogP contribution in [0, 0.1) is 5.92 Å². The van der Waals surface area contributed by atoms with Crippen molar-refractivity contribution in [2.24, 2.45) is 5.92 Å². The average molecular weight is 177 g/mol. The van der Waals surface area contributed by atoms with Crippen molar-refractivity contribution in [1.82, 2.24) is 4.98 Å². The lowest BCUT2D eigenvalue weighted by Crippen LogP contribution is -1.97. The highest BCUT2D eigenvalue weighted by Crippen LogP contribution is 2.15. The van der Waals surface area contributed by atoms with E-state index in [2.05, 4.69) is 38.7 Å². The predicted molar refractivity (Wildman–Crippen MR) is 56.9 cm³/mol. The maximum absolute atomic E-state index is 4.26. The summed E-state index contributed by atoms with van der Waals surface area (Å²) in [6.45, 7) is 8.89. The van der Waals surface area contributed by atoms with E-state index >= 15 is 0 Å². The lowest BCUT2D eigenvalue weighted by Gasteiger charge is -2.08. The highest BCUT2D eigenvalue weighted by Gasteiger charge is 2.02. The van der Waals surface area contributed by atoms with E-state index in [-0.39, 0.29) is 0 Å². The van der Waals surface area contributed by atoms with Crippen LogP contribution in [0.3, 0.4) is 0 Å². The van der Waals surface area contributed by atoms with Crippen LogP contribution in [0.25, 0.3) is 0 Å². The Morgan fingerprint density at radius 2 is 1.85 bits per heavy atom. The maximum Gasteiger partial charge on any atom is 0.0302 e. The first-order valence-electron chi connectivity index (χ1n) is 5.03. The molecule has 0 aromatic carbocycles.